The molecule has 7 heteroatoms. The Morgan fingerprint density at radius 2 is 2.12 bits per heavy atom. The van der Waals surface area contributed by atoms with Gasteiger partial charge in [0.1, 0.15) is 10.5 Å². The third-order valence-corrected chi connectivity index (χ3v) is 5.90. The average molecular weight is 371 g/mol. The van der Waals surface area contributed by atoms with Gasteiger partial charge in [0.2, 0.25) is 0 Å². The Bertz CT molecular complexity index is 941. The van der Waals surface area contributed by atoms with Gasteiger partial charge in [0.05, 0.1) is 6.26 Å². The van der Waals surface area contributed by atoms with Crippen molar-refractivity contribution in [1.82, 2.24) is 14.4 Å². The second-order valence-corrected chi connectivity index (χ2v) is 7.43. The molecule has 0 bridgehead atoms. The maximum Gasteiger partial charge on any atom is 0.289 e. The fourth-order valence-electron chi connectivity index (χ4n) is 3.61. The predicted octanol–water partition coefficient (Wildman–Crippen LogP) is 3.30. The molecule has 6 nitrogen and oxygen atoms in total. The molecule has 4 heterocycles. The van der Waals surface area contributed by atoms with Crippen LogP contribution in [0.15, 0.2) is 40.3 Å². The molecule has 3 aromatic heterocycles. The van der Waals surface area contributed by atoms with Crippen LogP contribution in [-0.4, -0.2) is 51.9 Å². The summed E-state index contributed by atoms with van der Waals surface area (Å²) in [6, 6.07) is 7.35. The van der Waals surface area contributed by atoms with Crippen LogP contribution in [0.1, 0.15) is 34.9 Å². The molecule has 4 rings (SSSR count). The normalized spacial score (nSPS) is 17.8. The van der Waals surface area contributed by atoms with E-state index in [9.17, 15) is 9.59 Å². The molecule has 136 valence electrons. The highest BCUT2D eigenvalue weighted by molar-refractivity contribution is 7.16. The highest BCUT2D eigenvalue weighted by Crippen LogP contribution is 2.27. The van der Waals surface area contributed by atoms with E-state index in [4.69, 9.17) is 4.42 Å². The molecule has 3 aromatic rings. The van der Waals surface area contributed by atoms with Crippen molar-refractivity contribution in [3.8, 4) is 0 Å². The van der Waals surface area contributed by atoms with Crippen molar-refractivity contribution in [2.75, 3.05) is 19.6 Å². The summed E-state index contributed by atoms with van der Waals surface area (Å²) in [7, 11) is 0. The Hall–Kier alpha value is -2.54. The first kappa shape index (κ1) is 16.9. The third-order valence-electron chi connectivity index (χ3n) is 4.95. The first-order chi connectivity index (χ1) is 12.6. The van der Waals surface area contributed by atoms with Crippen molar-refractivity contribution in [2.24, 2.45) is 0 Å². The molecule has 1 saturated heterocycles. The minimum atomic E-state index is -0.118. The van der Waals surface area contributed by atoms with E-state index in [0.717, 1.165) is 22.5 Å². The Morgan fingerprint density at radius 1 is 1.27 bits per heavy atom. The van der Waals surface area contributed by atoms with E-state index < -0.39 is 0 Å². The number of nitrogens with zero attached hydrogens (tertiary/aromatic N) is 3. The first-order valence-electron chi connectivity index (χ1n) is 8.80. The standard InChI is InChI=1S/C19H21N3O3S/c1-3-21-15(11-14-6-10-26-19(14)21)17(23)20-7-8-22(13(2)12-20)18(24)16-5-4-9-25-16/h4-6,9-11,13H,3,7-8,12H2,1-2H3/t13-/m1/s1. The van der Waals surface area contributed by atoms with Crippen LogP contribution in [-0.2, 0) is 6.54 Å². The molecule has 1 fully saturated rings. The van der Waals surface area contributed by atoms with Crippen LogP contribution in [0, 0.1) is 0 Å². The molecule has 0 radical (unpaired) electrons. The average Bonchev–Trinajstić information content (AvgIpc) is 3.36. The molecule has 0 aromatic carbocycles. The highest BCUT2D eigenvalue weighted by atomic mass is 32.1. The molecule has 1 aliphatic heterocycles. The number of carbonyl (C=O) groups is 2. The molecule has 0 N–H and O–H groups in total. The van der Waals surface area contributed by atoms with Crippen LogP contribution in [0.5, 0.6) is 0 Å². The zero-order chi connectivity index (χ0) is 18.3. The summed E-state index contributed by atoms with van der Waals surface area (Å²) >= 11 is 1.66. The van der Waals surface area contributed by atoms with E-state index in [1.54, 1.807) is 28.4 Å². The lowest BCUT2D eigenvalue weighted by molar-refractivity contribution is 0.0391. The lowest BCUT2D eigenvalue weighted by atomic mass is 10.1. The van der Waals surface area contributed by atoms with Crippen molar-refractivity contribution < 1.29 is 14.0 Å². The van der Waals surface area contributed by atoms with Gasteiger partial charge in [-0.2, -0.15) is 0 Å². The Kier molecular flexibility index (Phi) is 4.32. The molecule has 0 aliphatic carbocycles. The number of fused-ring (bicyclic) bond motifs is 1. The van der Waals surface area contributed by atoms with Crippen molar-refractivity contribution >= 4 is 33.4 Å². The Morgan fingerprint density at radius 3 is 2.81 bits per heavy atom. The SMILES string of the molecule is CCn1c(C(=O)N2CCN(C(=O)c3ccco3)[C@H](C)C2)cc2ccsc21. The van der Waals surface area contributed by atoms with Gasteiger partial charge >= 0.3 is 0 Å². The van der Waals surface area contributed by atoms with Gasteiger partial charge in [-0.15, -0.1) is 11.3 Å². The van der Waals surface area contributed by atoms with Crippen LogP contribution in [0.2, 0.25) is 0 Å². The highest BCUT2D eigenvalue weighted by Gasteiger charge is 2.32. The van der Waals surface area contributed by atoms with Gasteiger partial charge in [-0.3, -0.25) is 9.59 Å². The minimum absolute atomic E-state index is 0.0344. The van der Waals surface area contributed by atoms with Crippen LogP contribution in [0.25, 0.3) is 10.2 Å². The molecule has 26 heavy (non-hydrogen) atoms. The Labute approximate surface area is 155 Å². The van der Waals surface area contributed by atoms with Gasteiger partial charge in [0.15, 0.2) is 5.76 Å². The summed E-state index contributed by atoms with van der Waals surface area (Å²) in [4.78, 5) is 30.4. The van der Waals surface area contributed by atoms with E-state index in [2.05, 4.69) is 11.5 Å². The van der Waals surface area contributed by atoms with Crippen molar-refractivity contribution in [3.05, 3.63) is 47.4 Å². The van der Waals surface area contributed by atoms with E-state index in [0.29, 0.717) is 25.4 Å². The lowest BCUT2D eigenvalue weighted by Crippen LogP contribution is -2.55. The predicted molar refractivity (Wildman–Crippen MR) is 101 cm³/mol. The van der Waals surface area contributed by atoms with Crippen LogP contribution < -0.4 is 0 Å². The van der Waals surface area contributed by atoms with Gasteiger partial charge in [0.25, 0.3) is 11.8 Å². The molecule has 0 saturated carbocycles. The second kappa shape index (κ2) is 6.64. The monoisotopic (exact) mass is 371 g/mol. The topological polar surface area (TPSA) is 58.7 Å². The number of furan rings is 1. The van der Waals surface area contributed by atoms with Crippen LogP contribution in [0.3, 0.4) is 0 Å². The second-order valence-electron chi connectivity index (χ2n) is 6.53. The third kappa shape index (κ3) is 2.72. The van der Waals surface area contributed by atoms with E-state index in [1.807, 2.05) is 29.3 Å². The smallest absolute Gasteiger partial charge is 0.289 e. The van der Waals surface area contributed by atoms with Crippen molar-refractivity contribution in [2.45, 2.75) is 26.4 Å². The first-order valence-corrected chi connectivity index (χ1v) is 9.68. The van der Waals surface area contributed by atoms with Crippen LogP contribution >= 0.6 is 11.3 Å². The number of piperazine rings is 1. The lowest BCUT2D eigenvalue weighted by Gasteiger charge is -2.39. The molecular formula is C19H21N3O3S. The molecule has 1 aliphatic rings. The van der Waals surface area contributed by atoms with E-state index in [1.165, 1.54) is 6.26 Å². The van der Waals surface area contributed by atoms with E-state index >= 15 is 0 Å². The fraction of sp³-hybridized carbons (Fsp3) is 0.368. The summed E-state index contributed by atoms with van der Waals surface area (Å²) in [5.74, 6) is 0.260. The number of carbonyl (C=O) groups excluding carboxylic acids is 2. The quantitative estimate of drug-likeness (QED) is 0.710. The van der Waals surface area contributed by atoms with Gasteiger partial charge in [0, 0.05) is 37.6 Å². The number of thiophene rings is 1. The number of rotatable bonds is 3. The number of hydrogen-bond acceptors (Lipinski definition) is 4. The fourth-order valence-corrected chi connectivity index (χ4v) is 4.58. The molecule has 1 atom stereocenters. The maximum atomic E-state index is 13.1. The van der Waals surface area contributed by atoms with Gasteiger partial charge < -0.3 is 18.8 Å². The van der Waals surface area contributed by atoms with Crippen molar-refractivity contribution in [3.63, 3.8) is 0 Å². The number of aryl methyl sites for hydroxylation is 1. The number of aromatic nitrogens is 1. The molecule has 2 amide bonds. The van der Waals surface area contributed by atoms with Gasteiger partial charge in [-0.05, 0) is 43.5 Å². The van der Waals surface area contributed by atoms with Gasteiger partial charge in [-0.1, -0.05) is 0 Å². The zero-order valence-corrected chi connectivity index (χ0v) is 15.7. The Balaban J connectivity index is 1.52. The summed E-state index contributed by atoms with van der Waals surface area (Å²) < 4.78 is 7.30. The summed E-state index contributed by atoms with van der Waals surface area (Å²) in [6.45, 7) is 6.34. The zero-order valence-electron chi connectivity index (χ0n) is 14.8. The summed E-state index contributed by atoms with van der Waals surface area (Å²) in [6.07, 6.45) is 1.50. The summed E-state index contributed by atoms with van der Waals surface area (Å²) in [5, 5.41) is 3.16. The maximum absolute atomic E-state index is 13.1. The largest absolute Gasteiger partial charge is 0.459 e. The van der Waals surface area contributed by atoms with E-state index in [-0.39, 0.29) is 17.9 Å². The number of hydrogen-bond donors (Lipinski definition) is 0. The summed E-state index contributed by atoms with van der Waals surface area (Å²) in [5.41, 5.74) is 0.729. The molecule has 0 spiro atoms. The molecular weight excluding hydrogens is 350 g/mol. The minimum Gasteiger partial charge on any atom is -0.459 e. The van der Waals surface area contributed by atoms with Crippen molar-refractivity contribution in [1.29, 1.82) is 0 Å². The van der Waals surface area contributed by atoms with Crippen LogP contribution in [0.4, 0.5) is 0 Å². The number of amides is 2. The van der Waals surface area contributed by atoms with Gasteiger partial charge in [-0.25, -0.2) is 0 Å². The molecule has 0 unspecified atom stereocenters.